The van der Waals surface area contributed by atoms with Crippen LogP contribution in [0.25, 0.3) is 0 Å². The number of carbonyl (C=O) groups excluding carboxylic acids is 2. The van der Waals surface area contributed by atoms with Gasteiger partial charge in [-0.1, -0.05) is 95.2 Å². The van der Waals surface area contributed by atoms with Crippen molar-refractivity contribution < 1.29 is 47.8 Å². The zero-order chi connectivity index (χ0) is 32.0. The highest BCUT2D eigenvalue weighted by Crippen LogP contribution is 2.43. The van der Waals surface area contributed by atoms with E-state index < -0.39 is 51.8 Å². The van der Waals surface area contributed by atoms with Crippen LogP contribution >= 0.6 is 7.82 Å². The average molecular weight is 633 g/mol. The molecule has 0 aromatic heterocycles. The summed E-state index contributed by atoms with van der Waals surface area (Å²) in [5.74, 6) is -0.970. The predicted molar refractivity (Wildman–Crippen MR) is 168 cm³/mol. The monoisotopic (exact) mass is 632 g/mol. The van der Waals surface area contributed by atoms with Crippen LogP contribution in [0.4, 0.5) is 0 Å². The molecule has 3 unspecified atom stereocenters. The van der Waals surface area contributed by atoms with Gasteiger partial charge in [-0.15, -0.1) is 0 Å². The molecular weight excluding hydrogens is 575 g/mol. The summed E-state index contributed by atoms with van der Waals surface area (Å²) in [6.07, 6.45) is 25.0. The Morgan fingerprint density at radius 1 is 0.721 bits per heavy atom. The van der Waals surface area contributed by atoms with Gasteiger partial charge in [0.05, 0.1) is 19.8 Å². The number of ether oxygens (including phenoxy) is 2. The van der Waals surface area contributed by atoms with Crippen LogP contribution in [0.1, 0.15) is 117 Å². The van der Waals surface area contributed by atoms with Crippen LogP contribution in [0.3, 0.4) is 0 Å². The van der Waals surface area contributed by atoms with E-state index in [0.29, 0.717) is 12.8 Å². The first kappa shape index (κ1) is 41.2. The minimum atomic E-state index is -4.59. The molecule has 0 aromatic rings. The molecule has 0 saturated heterocycles. The summed E-state index contributed by atoms with van der Waals surface area (Å²) in [4.78, 5) is 34.2. The second-order valence-corrected chi connectivity index (χ2v) is 11.9. The van der Waals surface area contributed by atoms with Gasteiger partial charge in [0.15, 0.2) is 6.10 Å². The van der Waals surface area contributed by atoms with Crippen LogP contribution in [0.15, 0.2) is 36.5 Å². The Labute approximate surface area is 259 Å². The van der Waals surface area contributed by atoms with Crippen molar-refractivity contribution >= 4 is 19.8 Å². The maximum Gasteiger partial charge on any atom is 0.472 e. The highest BCUT2D eigenvalue weighted by Gasteiger charge is 2.27. The fraction of sp³-hybridized carbons (Fsp3) is 0.750. The molecule has 0 heterocycles. The SMILES string of the molecule is CC/C=C\C/C=C\C/C=C\CCCCCCCCCC(=O)OC(COC(=O)CCCCC)COP(=O)(O)OCC(O)CO. The van der Waals surface area contributed by atoms with Gasteiger partial charge in [0.25, 0.3) is 0 Å². The fourth-order valence-electron chi connectivity index (χ4n) is 3.83. The molecule has 0 radical (unpaired) electrons. The van der Waals surface area contributed by atoms with Gasteiger partial charge in [0, 0.05) is 12.8 Å². The number of phosphoric acid groups is 1. The third-order valence-electron chi connectivity index (χ3n) is 6.31. The van der Waals surface area contributed by atoms with Crippen LogP contribution in [0.2, 0.25) is 0 Å². The summed E-state index contributed by atoms with van der Waals surface area (Å²) in [5, 5.41) is 18.1. The summed E-state index contributed by atoms with van der Waals surface area (Å²) >= 11 is 0. The summed E-state index contributed by atoms with van der Waals surface area (Å²) in [5.41, 5.74) is 0. The summed E-state index contributed by atoms with van der Waals surface area (Å²) < 4.78 is 32.1. The molecule has 0 fully saturated rings. The highest BCUT2D eigenvalue weighted by molar-refractivity contribution is 7.47. The van der Waals surface area contributed by atoms with E-state index in [9.17, 15) is 24.2 Å². The molecular formula is C32H57O10P. The van der Waals surface area contributed by atoms with Crippen molar-refractivity contribution in [3.8, 4) is 0 Å². The van der Waals surface area contributed by atoms with E-state index in [0.717, 1.165) is 64.2 Å². The van der Waals surface area contributed by atoms with Crippen LogP contribution in [0, 0.1) is 0 Å². The van der Waals surface area contributed by atoms with E-state index in [4.69, 9.17) is 19.1 Å². The van der Waals surface area contributed by atoms with Crippen molar-refractivity contribution in [2.45, 2.75) is 129 Å². The van der Waals surface area contributed by atoms with Crippen molar-refractivity contribution in [1.82, 2.24) is 0 Å². The third-order valence-corrected chi connectivity index (χ3v) is 7.26. The molecule has 3 atom stereocenters. The first-order valence-corrected chi connectivity index (χ1v) is 17.4. The fourth-order valence-corrected chi connectivity index (χ4v) is 4.62. The lowest BCUT2D eigenvalue weighted by Crippen LogP contribution is -2.29. The van der Waals surface area contributed by atoms with Gasteiger partial charge in [-0.2, -0.15) is 0 Å². The van der Waals surface area contributed by atoms with Crippen LogP contribution in [0.5, 0.6) is 0 Å². The normalized spacial score (nSPS) is 14.8. The Morgan fingerprint density at radius 2 is 1.28 bits per heavy atom. The Balaban J connectivity index is 4.25. The Bertz CT molecular complexity index is 827. The largest absolute Gasteiger partial charge is 0.472 e. The predicted octanol–water partition coefficient (Wildman–Crippen LogP) is 6.88. The van der Waals surface area contributed by atoms with Crippen LogP contribution in [-0.2, 0) is 32.7 Å². The lowest BCUT2D eigenvalue weighted by atomic mass is 10.1. The molecule has 0 aromatic carbocycles. The van der Waals surface area contributed by atoms with Crippen LogP contribution in [-0.4, -0.2) is 65.7 Å². The number of phosphoric ester groups is 1. The summed E-state index contributed by atoms with van der Waals surface area (Å²) in [7, 11) is -4.59. The second-order valence-electron chi connectivity index (χ2n) is 10.5. The van der Waals surface area contributed by atoms with Crippen LogP contribution < -0.4 is 0 Å². The lowest BCUT2D eigenvalue weighted by Gasteiger charge is -2.20. The maximum absolute atomic E-state index is 12.4. The average Bonchev–Trinajstić information content (AvgIpc) is 2.99. The van der Waals surface area contributed by atoms with Crippen molar-refractivity contribution in [3.63, 3.8) is 0 Å². The number of carbonyl (C=O) groups is 2. The number of hydrogen-bond donors (Lipinski definition) is 3. The van der Waals surface area contributed by atoms with Gasteiger partial charge in [0.2, 0.25) is 0 Å². The molecule has 0 aliphatic carbocycles. The molecule has 0 rings (SSSR count). The number of allylic oxidation sites excluding steroid dienone is 6. The van der Waals surface area contributed by atoms with Gasteiger partial charge in [-0.3, -0.25) is 18.6 Å². The number of aliphatic hydroxyl groups excluding tert-OH is 2. The molecule has 0 aliphatic heterocycles. The molecule has 43 heavy (non-hydrogen) atoms. The van der Waals surface area contributed by atoms with Crippen molar-refractivity contribution in [2.75, 3.05) is 26.4 Å². The first-order valence-electron chi connectivity index (χ1n) is 15.9. The van der Waals surface area contributed by atoms with Gasteiger partial charge in [-0.25, -0.2) is 4.57 Å². The standard InChI is InChI=1S/C32H57O10P/c1-3-5-7-8-9-10-11-12-13-14-15-16-17-18-19-20-22-24-32(36)42-30(27-39-31(35)23-21-6-4-2)28-41-43(37,38)40-26-29(34)25-33/h5,7,9-10,12-13,29-30,33-34H,3-4,6,8,11,14-28H2,1-2H3,(H,37,38)/b7-5-,10-9-,13-12-. The van der Waals surface area contributed by atoms with Gasteiger partial charge < -0.3 is 24.6 Å². The molecule has 0 aliphatic rings. The molecule has 3 N–H and O–H groups in total. The zero-order valence-corrected chi connectivity index (χ0v) is 27.3. The quantitative estimate of drug-likeness (QED) is 0.0345. The molecule has 11 heteroatoms. The Morgan fingerprint density at radius 3 is 1.93 bits per heavy atom. The molecule has 10 nitrogen and oxygen atoms in total. The van der Waals surface area contributed by atoms with E-state index in [2.05, 4.69) is 47.9 Å². The van der Waals surface area contributed by atoms with Crippen molar-refractivity contribution in [3.05, 3.63) is 36.5 Å². The first-order chi connectivity index (χ1) is 20.7. The smallest absolute Gasteiger partial charge is 0.462 e. The van der Waals surface area contributed by atoms with E-state index >= 15 is 0 Å². The zero-order valence-electron chi connectivity index (χ0n) is 26.4. The lowest BCUT2D eigenvalue weighted by molar-refractivity contribution is -0.161. The minimum absolute atomic E-state index is 0.172. The number of hydrogen-bond acceptors (Lipinski definition) is 9. The summed E-state index contributed by atoms with van der Waals surface area (Å²) in [6, 6.07) is 0. The van der Waals surface area contributed by atoms with Crippen molar-refractivity contribution in [2.24, 2.45) is 0 Å². The second kappa shape index (κ2) is 28.9. The molecule has 0 amide bonds. The molecule has 0 spiro atoms. The number of esters is 2. The maximum atomic E-state index is 12.4. The highest BCUT2D eigenvalue weighted by atomic mass is 31.2. The number of rotatable bonds is 29. The van der Waals surface area contributed by atoms with Gasteiger partial charge in [0.1, 0.15) is 12.7 Å². The number of unbranched alkanes of at least 4 members (excludes halogenated alkanes) is 9. The molecule has 0 saturated carbocycles. The Hall–Kier alpha value is -1.81. The van der Waals surface area contributed by atoms with E-state index in [1.165, 1.54) is 12.8 Å². The van der Waals surface area contributed by atoms with E-state index in [1.54, 1.807) is 0 Å². The van der Waals surface area contributed by atoms with Crippen molar-refractivity contribution in [1.29, 1.82) is 0 Å². The van der Waals surface area contributed by atoms with Gasteiger partial charge >= 0.3 is 19.8 Å². The van der Waals surface area contributed by atoms with E-state index in [1.807, 2.05) is 6.92 Å². The number of aliphatic hydroxyl groups is 2. The third kappa shape index (κ3) is 28.7. The topological polar surface area (TPSA) is 149 Å². The molecule has 250 valence electrons. The Kier molecular flexibility index (Phi) is 27.7. The summed E-state index contributed by atoms with van der Waals surface area (Å²) in [6.45, 7) is 2.02. The van der Waals surface area contributed by atoms with Gasteiger partial charge in [-0.05, 0) is 44.9 Å². The van der Waals surface area contributed by atoms with E-state index in [-0.39, 0.29) is 19.4 Å². The minimum Gasteiger partial charge on any atom is -0.462 e. The molecule has 0 bridgehead atoms.